The summed E-state index contributed by atoms with van der Waals surface area (Å²) in [5, 5.41) is 2.67. The zero-order valence-electron chi connectivity index (χ0n) is 22.8. The second-order valence-corrected chi connectivity index (χ2v) is 7.46. The summed E-state index contributed by atoms with van der Waals surface area (Å²) in [5.41, 5.74) is 6.73. The van der Waals surface area contributed by atoms with E-state index in [-0.39, 0.29) is 107 Å². The normalized spacial score (nSPS) is 9.30. The minimum atomic E-state index is 0. The van der Waals surface area contributed by atoms with Gasteiger partial charge in [-0.15, -0.1) is 17.2 Å². The van der Waals surface area contributed by atoms with E-state index in [4.69, 9.17) is 0 Å². The first-order chi connectivity index (χ1) is 14.7. The van der Waals surface area contributed by atoms with Crippen molar-refractivity contribution in [3.8, 4) is 0 Å². The molecule has 0 fully saturated rings. The van der Waals surface area contributed by atoms with Gasteiger partial charge in [0.1, 0.15) is 0 Å². The van der Waals surface area contributed by atoms with E-state index in [1.165, 1.54) is 38.6 Å². The molecule has 4 aromatic carbocycles. The number of allylic oxidation sites excluding steroid dienone is 2. The molecule has 0 N–H and O–H groups in total. The van der Waals surface area contributed by atoms with E-state index in [1.54, 1.807) is 0 Å². The van der Waals surface area contributed by atoms with Crippen LogP contribution in [0.3, 0.4) is 0 Å². The molecule has 0 saturated heterocycles. The number of hydrogen-bond acceptors (Lipinski definition) is 0. The summed E-state index contributed by atoms with van der Waals surface area (Å²) in [4.78, 5) is 0. The van der Waals surface area contributed by atoms with Crippen LogP contribution in [0.1, 0.15) is 36.1 Å². The van der Waals surface area contributed by atoms with Crippen molar-refractivity contribution in [2.24, 2.45) is 0 Å². The number of benzene rings is 4. The van der Waals surface area contributed by atoms with Gasteiger partial charge in [0.2, 0.25) is 0 Å². The Bertz CT molecular complexity index is 1110. The number of fused-ring (bicyclic) bond motifs is 2. The summed E-state index contributed by atoms with van der Waals surface area (Å²) in [6.45, 7) is 8.29. The van der Waals surface area contributed by atoms with Crippen molar-refractivity contribution in [1.82, 2.24) is 0 Å². The summed E-state index contributed by atoms with van der Waals surface area (Å²) in [6, 6.07) is 34.0. The van der Waals surface area contributed by atoms with Crippen molar-refractivity contribution in [2.45, 2.75) is 33.1 Å². The minimum Gasteiger partial charge on any atom is -0.358 e. The first-order valence-corrected chi connectivity index (χ1v) is 10.8. The van der Waals surface area contributed by atoms with E-state index >= 15 is 0 Å². The number of rotatable bonds is 2. The largest absolute Gasteiger partial charge is 0.358 e. The van der Waals surface area contributed by atoms with Crippen LogP contribution in [0, 0.1) is 29.2 Å². The molecular weight excluding hydrogens is 1130 g/mol. The van der Waals surface area contributed by atoms with Gasteiger partial charge in [-0.25, -0.2) is 0 Å². The monoisotopic (exact) mass is 1170 g/mol. The fourth-order valence-corrected chi connectivity index (χ4v) is 3.53. The minimum absolute atomic E-state index is 0. The summed E-state index contributed by atoms with van der Waals surface area (Å²) in [6.07, 6.45) is 5.49. The average Bonchev–Trinajstić information content (AvgIpc) is 3.21. The molecule has 4 heteroatoms. The Hall–Kier alpha value is -0.497. The molecule has 0 aliphatic heterocycles. The Labute approximate surface area is 285 Å². The van der Waals surface area contributed by atoms with Gasteiger partial charge in [0.15, 0.2) is 0 Å². The second kappa shape index (κ2) is 25.8. The van der Waals surface area contributed by atoms with Crippen molar-refractivity contribution >= 4 is 16.3 Å². The van der Waals surface area contributed by atoms with Gasteiger partial charge in [-0.1, -0.05) is 111 Å². The zero-order valence-corrected chi connectivity index (χ0v) is 34.5. The molecule has 0 radical (unpaired) electrons. The van der Waals surface area contributed by atoms with E-state index < -0.39 is 0 Å². The molecule has 0 unspecified atom stereocenters. The van der Waals surface area contributed by atoms with Crippen LogP contribution >= 0.6 is 0 Å². The van der Waals surface area contributed by atoms with Crippen LogP contribution in [0.4, 0.5) is 0 Å². The molecule has 1 aliphatic rings. The van der Waals surface area contributed by atoms with Crippen molar-refractivity contribution in [3.05, 3.63) is 155 Å². The molecule has 0 spiro atoms. The van der Waals surface area contributed by atoms with Gasteiger partial charge in [0.05, 0.1) is 0 Å². The van der Waals surface area contributed by atoms with Crippen LogP contribution in [-0.4, -0.2) is 0 Å². The smallest absolute Gasteiger partial charge is 0 e. The Kier molecular flexibility index (Phi) is 32.3. The standard InChI is InChI=1S/C12H12.C10H9.C8H10.3CH3.4W/c1-2-10-7-8-11-5-3-4-6-12(11)9-10;1-8-6-7-9-4-2-3-5-10(8)9;1-2-8-6-4-3-5-7-8;;;;;;;/h3-9H,2H2,1H3;2-6H,1,7H2;3-7H,2H2,1H3;3*1H3;;;;/q;-1;;3*-1;;;;. The molecule has 0 atom stereocenters. The van der Waals surface area contributed by atoms with E-state index in [1.807, 2.05) is 6.07 Å². The SMILES string of the molecule is CCc1ccc2ccccc2c1.CCc1ccccc1.[CH2-]C1=CCc2ccccc21.[CH3-].[CH3-].[CH3-].[W].[W].[W].[W]. The maximum Gasteiger partial charge on any atom is 0 e. The topological polar surface area (TPSA) is 0 Å². The first kappa shape index (κ1) is 46.4. The average molecular weight is 1170 g/mol. The zero-order chi connectivity index (χ0) is 21.2. The molecule has 0 heterocycles. The Morgan fingerprint density at radius 3 is 1.62 bits per heavy atom. The van der Waals surface area contributed by atoms with Crippen molar-refractivity contribution in [1.29, 1.82) is 0 Å². The Morgan fingerprint density at radius 1 is 0.568 bits per heavy atom. The fourth-order valence-electron chi connectivity index (χ4n) is 3.53. The van der Waals surface area contributed by atoms with Crippen molar-refractivity contribution in [3.63, 3.8) is 0 Å². The van der Waals surface area contributed by atoms with E-state index in [0.717, 1.165) is 19.3 Å². The van der Waals surface area contributed by atoms with Crippen LogP contribution in [0.5, 0.6) is 0 Å². The molecule has 0 nitrogen and oxygen atoms in total. The number of hydrogen-bond donors (Lipinski definition) is 0. The van der Waals surface area contributed by atoms with Crippen LogP contribution in [0.15, 0.2) is 103 Å². The third-order valence-corrected chi connectivity index (χ3v) is 5.40. The van der Waals surface area contributed by atoms with Crippen LogP contribution in [0.2, 0.25) is 0 Å². The van der Waals surface area contributed by atoms with Crippen molar-refractivity contribution < 1.29 is 84.3 Å². The fraction of sp³-hybridized carbons (Fsp3) is 0.152. The quantitative estimate of drug-likeness (QED) is 0.176. The van der Waals surface area contributed by atoms with Crippen LogP contribution < -0.4 is 0 Å². The van der Waals surface area contributed by atoms with Crippen LogP contribution in [0.25, 0.3) is 16.3 Å². The molecule has 37 heavy (non-hydrogen) atoms. The maximum absolute atomic E-state index is 3.94. The molecule has 1 aliphatic carbocycles. The molecule has 0 bridgehead atoms. The summed E-state index contributed by atoms with van der Waals surface area (Å²) in [7, 11) is 0. The third-order valence-electron chi connectivity index (χ3n) is 5.40. The third kappa shape index (κ3) is 15.0. The predicted octanol–water partition coefficient (Wildman–Crippen LogP) is 9.45. The van der Waals surface area contributed by atoms with Gasteiger partial charge in [-0.05, 0) is 34.7 Å². The molecule has 0 saturated carbocycles. The van der Waals surface area contributed by atoms with Gasteiger partial charge in [-0.3, -0.25) is 0 Å². The second-order valence-electron chi connectivity index (χ2n) is 7.46. The van der Waals surface area contributed by atoms with E-state index in [9.17, 15) is 0 Å². The molecular formula is C33H40W4-4. The predicted molar refractivity (Wildman–Crippen MR) is 152 cm³/mol. The van der Waals surface area contributed by atoms with Gasteiger partial charge in [0.25, 0.3) is 0 Å². The molecule has 5 rings (SSSR count). The summed E-state index contributed by atoms with van der Waals surface area (Å²) < 4.78 is 0. The molecule has 4 aromatic rings. The number of aryl methyl sites for hydroxylation is 2. The van der Waals surface area contributed by atoms with Gasteiger partial charge >= 0.3 is 0 Å². The summed E-state index contributed by atoms with van der Waals surface area (Å²) in [5.74, 6) is 0. The maximum atomic E-state index is 3.94. The van der Waals surface area contributed by atoms with Gasteiger partial charge in [0, 0.05) is 84.3 Å². The molecule has 0 amide bonds. The van der Waals surface area contributed by atoms with Crippen molar-refractivity contribution in [2.75, 3.05) is 0 Å². The van der Waals surface area contributed by atoms with E-state index in [0.29, 0.717) is 0 Å². The van der Waals surface area contributed by atoms with Crippen LogP contribution in [-0.2, 0) is 104 Å². The summed E-state index contributed by atoms with van der Waals surface area (Å²) >= 11 is 0. The molecule has 0 aromatic heterocycles. The van der Waals surface area contributed by atoms with E-state index in [2.05, 4.69) is 118 Å². The Morgan fingerprint density at radius 2 is 1.08 bits per heavy atom. The van der Waals surface area contributed by atoms with Gasteiger partial charge in [-0.2, -0.15) is 18.6 Å². The first-order valence-electron chi connectivity index (χ1n) is 10.8. The molecule has 200 valence electrons. The Balaban J connectivity index is -0.000000128. The van der Waals surface area contributed by atoms with Gasteiger partial charge < -0.3 is 22.3 Å².